The van der Waals surface area contributed by atoms with E-state index < -0.39 is 10.0 Å². The van der Waals surface area contributed by atoms with Gasteiger partial charge in [-0.3, -0.25) is 9.10 Å². The Labute approximate surface area is 163 Å². The first kappa shape index (κ1) is 20.5. The highest BCUT2D eigenvalue weighted by molar-refractivity contribution is 9.10. The van der Waals surface area contributed by atoms with Crippen LogP contribution in [0.15, 0.2) is 57.9 Å². The Morgan fingerprint density at radius 3 is 2.42 bits per heavy atom. The van der Waals surface area contributed by atoms with Crippen LogP contribution in [-0.2, 0) is 14.8 Å². The summed E-state index contributed by atoms with van der Waals surface area (Å²) < 4.78 is 28.2. The van der Waals surface area contributed by atoms with Gasteiger partial charge in [-0.05, 0) is 50.6 Å². The van der Waals surface area contributed by atoms with Crippen molar-refractivity contribution in [2.75, 3.05) is 10.8 Å². The van der Waals surface area contributed by atoms with Gasteiger partial charge in [0.15, 0.2) is 0 Å². The van der Waals surface area contributed by atoms with Crippen LogP contribution >= 0.6 is 15.9 Å². The molecule has 2 aromatic carbocycles. The molecule has 0 unspecified atom stereocenters. The third kappa shape index (κ3) is 5.08. The normalized spacial score (nSPS) is 12.5. The minimum atomic E-state index is -3.87. The molecule has 0 aliphatic rings. The zero-order valence-electron chi connectivity index (χ0n) is 15.1. The molecule has 5 nitrogen and oxygen atoms in total. The van der Waals surface area contributed by atoms with E-state index in [1.165, 1.54) is 0 Å². The molecule has 2 aromatic rings. The van der Waals surface area contributed by atoms with Crippen molar-refractivity contribution in [2.45, 2.75) is 38.1 Å². The molecule has 0 aromatic heterocycles. The van der Waals surface area contributed by atoms with Crippen molar-refractivity contribution in [1.82, 2.24) is 5.32 Å². The standard InChI is InChI=1S/C19H23BrN2O3S/c1-4-15(3)21-19(23)13-22(17-7-5-6-16(20)12-17)26(24,25)18-10-8-14(2)9-11-18/h5-12,15H,4,13H2,1-3H3,(H,21,23)/t15-/m0/s1. The van der Waals surface area contributed by atoms with Crippen LogP contribution in [0.3, 0.4) is 0 Å². The number of aryl methyl sites for hydroxylation is 1. The molecule has 1 N–H and O–H groups in total. The maximum absolute atomic E-state index is 13.2. The van der Waals surface area contributed by atoms with Crippen LogP contribution in [0, 0.1) is 6.92 Å². The molecule has 26 heavy (non-hydrogen) atoms. The lowest BCUT2D eigenvalue weighted by atomic mass is 10.2. The first-order chi connectivity index (χ1) is 12.2. The second-order valence-corrected chi connectivity index (χ2v) is 8.96. The fourth-order valence-electron chi connectivity index (χ4n) is 2.34. The monoisotopic (exact) mass is 438 g/mol. The minimum Gasteiger partial charge on any atom is -0.352 e. The summed E-state index contributed by atoms with van der Waals surface area (Å²) >= 11 is 3.36. The highest BCUT2D eigenvalue weighted by atomic mass is 79.9. The molecule has 0 fully saturated rings. The summed E-state index contributed by atoms with van der Waals surface area (Å²) in [6.45, 7) is 5.45. The van der Waals surface area contributed by atoms with Crippen molar-refractivity contribution in [3.05, 3.63) is 58.6 Å². The number of hydrogen-bond acceptors (Lipinski definition) is 3. The number of hydrogen-bond donors (Lipinski definition) is 1. The summed E-state index contributed by atoms with van der Waals surface area (Å²) in [4.78, 5) is 12.5. The number of anilines is 1. The molecular weight excluding hydrogens is 416 g/mol. The predicted molar refractivity (Wildman–Crippen MR) is 108 cm³/mol. The first-order valence-corrected chi connectivity index (χ1v) is 10.6. The van der Waals surface area contributed by atoms with E-state index in [2.05, 4.69) is 21.2 Å². The molecule has 0 radical (unpaired) electrons. The zero-order chi connectivity index (χ0) is 19.3. The van der Waals surface area contributed by atoms with Crippen molar-refractivity contribution in [3.63, 3.8) is 0 Å². The second-order valence-electron chi connectivity index (χ2n) is 6.18. The van der Waals surface area contributed by atoms with Gasteiger partial charge in [0.1, 0.15) is 6.54 Å². The first-order valence-electron chi connectivity index (χ1n) is 8.38. The number of carbonyl (C=O) groups excluding carboxylic acids is 1. The van der Waals surface area contributed by atoms with Crippen LogP contribution in [0.4, 0.5) is 5.69 Å². The molecule has 140 valence electrons. The minimum absolute atomic E-state index is 0.0195. The van der Waals surface area contributed by atoms with Gasteiger partial charge in [0.05, 0.1) is 10.6 Å². The molecule has 0 aliphatic heterocycles. The Morgan fingerprint density at radius 2 is 1.85 bits per heavy atom. The van der Waals surface area contributed by atoms with Crippen molar-refractivity contribution in [1.29, 1.82) is 0 Å². The average molecular weight is 439 g/mol. The van der Waals surface area contributed by atoms with E-state index in [0.29, 0.717) is 5.69 Å². The molecule has 0 saturated heterocycles. The molecule has 0 bridgehead atoms. The van der Waals surface area contributed by atoms with Crippen LogP contribution in [0.2, 0.25) is 0 Å². The summed E-state index contributed by atoms with van der Waals surface area (Å²) in [6, 6.07) is 13.5. The Kier molecular flexibility index (Phi) is 6.83. The third-order valence-corrected chi connectivity index (χ3v) is 6.29. The Hall–Kier alpha value is -1.86. The number of rotatable bonds is 7. The van der Waals surface area contributed by atoms with Gasteiger partial charge in [0, 0.05) is 10.5 Å². The van der Waals surface area contributed by atoms with E-state index in [-0.39, 0.29) is 23.4 Å². The quantitative estimate of drug-likeness (QED) is 0.713. The van der Waals surface area contributed by atoms with Gasteiger partial charge >= 0.3 is 0 Å². The lowest BCUT2D eigenvalue weighted by molar-refractivity contribution is -0.120. The summed E-state index contributed by atoms with van der Waals surface area (Å²) in [6.07, 6.45) is 0.771. The Bertz CT molecular complexity index is 867. The van der Waals surface area contributed by atoms with E-state index in [0.717, 1.165) is 20.8 Å². The van der Waals surface area contributed by atoms with Gasteiger partial charge in [-0.15, -0.1) is 0 Å². The van der Waals surface area contributed by atoms with Gasteiger partial charge in [-0.2, -0.15) is 0 Å². The zero-order valence-corrected chi connectivity index (χ0v) is 17.5. The lowest BCUT2D eigenvalue weighted by Crippen LogP contribution is -2.43. The number of carbonyl (C=O) groups is 1. The van der Waals surface area contributed by atoms with Gasteiger partial charge in [-0.25, -0.2) is 8.42 Å². The fourth-order valence-corrected chi connectivity index (χ4v) is 4.14. The van der Waals surface area contributed by atoms with Crippen molar-refractivity contribution < 1.29 is 13.2 Å². The van der Waals surface area contributed by atoms with Gasteiger partial charge in [-0.1, -0.05) is 46.6 Å². The lowest BCUT2D eigenvalue weighted by Gasteiger charge is -2.25. The van der Waals surface area contributed by atoms with Crippen LogP contribution < -0.4 is 9.62 Å². The second kappa shape index (κ2) is 8.68. The van der Waals surface area contributed by atoms with E-state index >= 15 is 0 Å². The van der Waals surface area contributed by atoms with E-state index in [1.807, 2.05) is 20.8 Å². The van der Waals surface area contributed by atoms with Crippen LogP contribution in [0.1, 0.15) is 25.8 Å². The van der Waals surface area contributed by atoms with E-state index in [9.17, 15) is 13.2 Å². The highest BCUT2D eigenvalue weighted by Crippen LogP contribution is 2.26. The highest BCUT2D eigenvalue weighted by Gasteiger charge is 2.27. The Balaban J connectivity index is 2.42. The summed E-state index contributed by atoms with van der Waals surface area (Å²) in [5.41, 5.74) is 1.40. The van der Waals surface area contributed by atoms with Gasteiger partial charge < -0.3 is 5.32 Å². The molecule has 1 amide bonds. The smallest absolute Gasteiger partial charge is 0.264 e. The summed E-state index contributed by atoms with van der Waals surface area (Å²) in [7, 11) is -3.87. The van der Waals surface area contributed by atoms with Crippen molar-refractivity contribution in [3.8, 4) is 0 Å². The molecule has 2 rings (SSSR count). The molecular formula is C19H23BrN2O3S. The topological polar surface area (TPSA) is 66.5 Å². The number of nitrogens with zero attached hydrogens (tertiary/aromatic N) is 1. The SMILES string of the molecule is CC[C@H](C)NC(=O)CN(c1cccc(Br)c1)S(=O)(=O)c1ccc(C)cc1. The van der Waals surface area contributed by atoms with Gasteiger partial charge in [0.25, 0.3) is 10.0 Å². The maximum Gasteiger partial charge on any atom is 0.264 e. The van der Waals surface area contributed by atoms with Crippen LogP contribution in [-0.4, -0.2) is 26.9 Å². The van der Waals surface area contributed by atoms with Crippen LogP contribution in [0.5, 0.6) is 0 Å². The molecule has 0 heterocycles. The van der Waals surface area contributed by atoms with Crippen molar-refractivity contribution in [2.24, 2.45) is 0 Å². The number of halogens is 1. The third-order valence-electron chi connectivity index (χ3n) is 4.01. The number of benzene rings is 2. The number of sulfonamides is 1. The van der Waals surface area contributed by atoms with E-state index in [4.69, 9.17) is 0 Å². The molecule has 0 spiro atoms. The molecule has 1 atom stereocenters. The largest absolute Gasteiger partial charge is 0.352 e. The molecule has 0 aliphatic carbocycles. The molecule has 0 saturated carbocycles. The van der Waals surface area contributed by atoms with Crippen LogP contribution in [0.25, 0.3) is 0 Å². The summed E-state index contributed by atoms with van der Waals surface area (Å²) in [5, 5.41) is 2.82. The van der Waals surface area contributed by atoms with E-state index in [1.54, 1.807) is 48.5 Å². The number of amides is 1. The molecule has 7 heteroatoms. The average Bonchev–Trinajstić information content (AvgIpc) is 2.59. The Morgan fingerprint density at radius 1 is 1.19 bits per heavy atom. The fraction of sp³-hybridized carbons (Fsp3) is 0.316. The summed E-state index contributed by atoms with van der Waals surface area (Å²) in [5.74, 6) is -0.338. The predicted octanol–water partition coefficient (Wildman–Crippen LogP) is 3.87. The van der Waals surface area contributed by atoms with Gasteiger partial charge in [0.2, 0.25) is 5.91 Å². The number of nitrogens with one attached hydrogen (secondary N) is 1. The maximum atomic E-state index is 13.2. The van der Waals surface area contributed by atoms with Crippen molar-refractivity contribution >= 4 is 37.5 Å².